The van der Waals surface area contributed by atoms with E-state index in [4.69, 9.17) is 17.3 Å². The Labute approximate surface area is 115 Å². The van der Waals surface area contributed by atoms with E-state index in [2.05, 4.69) is 10.1 Å². The molecule has 0 aliphatic rings. The monoisotopic (exact) mass is 274 g/mol. The van der Waals surface area contributed by atoms with Gasteiger partial charge in [0.15, 0.2) is 5.84 Å². The first kappa shape index (κ1) is 13.8. The second-order valence-corrected chi connectivity index (χ2v) is 4.23. The summed E-state index contributed by atoms with van der Waals surface area (Å²) in [6.07, 6.45) is 1.52. The Bertz CT molecular complexity index is 636. The maximum absolute atomic E-state index is 13.8. The lowest BCUT2D eigenvalue weighted by molar-refractivity contribution is 0.371. The number of hydrogen-bond donors (Lipinski definition) is 3. The number of pyridine rings is 1. The van der Waals surface area contributed by atoms with Crippen LogP contribution in [0.3, 0.4) is 0 Å². The van der Waals surface area contributed by atoms with Crippen LogP contribution in [0.25, 0.3) is 11.1 Å². The van der Waals surface area contributed by atoms with Crippen LogP contribution in [0.15, 0.2) is 41.6 Å². The number of nitrogens with two attached hydrogens (primary N) is 3. The minimum atomic E-state index is -0.400. The van der Waals surface area contributed by atoms with Crippen LogP contribution < -0.4 is 17.3 Å². The van der Waals surface area contributed by atoms with E-state index < -0.39 is 5.82 Å². The molecule has 0 fully saturated rings. The molecule has 104 valence electrons. The molecule has 6 N–H and O–H groups in total. The maximum atomic E-state index is 13.8. The molecule has 1 aromatic heterocycles. The third kappa shape index (κ3) is 3.01. The number of nitrogen functional groups attached to an aromatic ring is 1. The quantitative estimate of drug-likeness (QED) is 0.253. The van der Waals surface area contributed by atoms with Crippen molar-refractivity contribution in [1.29, 1.82) is 0 Å². The molecule has 0 atom stereocenters. The van der Waals surface area contributed by atoms with Gasteiger partial charge >= 0.3 is 0 Å². The highest BCUT2D eigenvalue weighted by Gasteiger charge is 2.07. The molecule has 6 nitrogen and oxygen atoms in total. The van der Waals surface area contributed by atoms with Crippen molar-refractivity contribution < 1.29 is 4.39 Å². The minimum Gasteiger partial charge on any atom is -0.399 e. The summed E-state index contributed by atoms with van der Waals surface area (Å²) in [6.45, 7) is 0. The van der Waals surface area contributed by atoms with Crippen LogP contribution in [0.4, 0.5) is 10.1 Å². The van der Waals surface area contributed by atoms with Crippen molar-refractivity contribution in [3.63, 3.8) is 0 Å². The first-order chi connectivity index (χ1) is 9.47. The fourth-order valence-corrected chi connectivity index (χ4v) is 1.69. The zero-order valence-corrected chi connectivity index (χ0v) is 10.9. The number of anilines is 1. The van der Waals surface area contributed by atoms with E-state index in [0.717, 1.165) is 5.12 Å². The first-order valence-electron chi connectivity index (χ1n) is 5.81. The molecule has 0 amide bonds. The van der Waals surface area contributed by atoms with E-state index in [-0.39, 0.29) is 5.84 Å². The van der Waals surface area contributed by atoms with Crippen molar-refractivity contribution in [2.75, 3.05) is 12.8 Å². The van der Waals surface area contributed by atoms with Gasteiger partial charge in [0, 0.05) is 30.1 Å². The number of rotatable bonds is 3. The molecule has 0 unspecified atom stereocenters. The minimum absolute atomic E-state index is 0.180. The summed E-state index contributed by atoms with van der Waals surface area (Å²) in [5, 5.41) is 4.92. The Hall–Kier alpha value is -2.67. The molecule has 0 aliphatic carbocycles. The number of amidine groups is 1. The number of hydrazone groups is 1. The van der Waals surface area contributed by atoms with Gasteiger partial charge < -0.3 is 11.5 Å². The Kier molecular flexibility index (Phi) is 3.81. The van der Waals surface area contributed by atoms with Crippen molar-refractivity contribution >= 4 is 11.5 Å². The van der Waals surface area contributed by atoms with E-state index in [1.54, 1.807) is 31.3 Å². The normalized spacial score (nSPS) is 11.4. The fourth-order valence-electron chi connectivity index (χ4n) is 1.69. The number of nitrogens with zero attached hydrogens (tertiary/aromatic N) is 3. The van der Waals surface area contributed by atoms with Gasteiger partial charge in [-0.1, -0.05) is 6.07 Å². The lowest BCUT2D eigenvalue weighted by Gasteiger charge is -2.07. The summed E-state index contributed by atoms with van der Waals surface area (Å²) in [5.41, 5.74) is 13.1. The van der Waals surface area contributed by atoms with E-state index >= 15 is 0 Å². The summed E-state index contributed by atoms with van der Waals surface area (Å²) in [5.74, 6) is 5.14. The third-order valence-electron chi connectivity index (χ3n) is 2.60. The second-order valence-electron chi connectivity index (χ2n) is 4.23. The predicted octanol–water partition coefficient (Wildman–Crippen LogP) is 0.896. The van der Waals surface area contributed by atoms with Crippen LogP contribution in [0, 0.1) is 5.82 Å². The zero-order valence-electron chi connectivity index (χ0n) is 10.9. The van der Waals surface area contributed by atoms with Crippen LogP contribution in [0.2, 0.25) is 0 Å². The van der Waals surface area contributed by atoms with Gasteiger partial charge in [0.05, 0.1) is 0 Å². The van der Waals surface area contributed by atoms with Crippen molar-refractivity contribution in [1.82, 2.24) is 10.1 Å². The van der Waals surface area contributed by atoms with Crippen molar-refractivity contribution in [3.05, 3.63) is 48.0 Å². The Morgan fingerprint density at radius 2 is 2.05 bits per heavy atom. The molecular weight excluding hydrogens is 259 g/mol. The van der Waals surface area contributed by atoms with Gasteiger partial charge in [-0.3, -0.25) is 4.98 Å². The van der Waals surface area contributed by atoms with E-state index in [1.807, 2.05) is 0 Å². The van der Waals surface area contributed by atoms with Crippen LogP contribution >= 0.6 is 0 Å². The molecule has 0 aliphatic heterocycles. The maximum Gasteiger partial charge on any atom is 0.171 e. The summed E-state index contributed by atoms with van der Waals surface area (Å²) >= 11 is 0. The van der Waals surface area contributed by atoms with Gasteiger partial charge in [0.25, 0.3) is 0 Å². The summed E-state index contributed by atoms with van der Waals surface area (Å²) < 4.78 is 13.8. The molecule has 0 bridgehead atoms. The van der Waals surface area contributed by atoms with Gasteiger partial charge in [-0.2, -0.15) is 0 Å². The Morgan fingerprint density at radius 3 is 2.60 bits per heavy atom. The molecule has 0 saturated heterocycles. The smallest absolute Gasteiger partial charge is 0.171 e. The molecule has 0 saturated carbocycles. The third-order valence-corrected chi connectivity index (χ3v) is 2.60. The average Bonchev–Trinajstić information content (AvgIpc) is 2.38. The Balaban J connectivity index is 2.33. The number of halogens is 1. The highest BCUT2D eigenvalue weighted by atomic mass is 19.1. The lowest BCUT2D eigenvalue weighted by atomic mass is 10.1. The summed E-state index contributed by atoms with van der Waals surface area (Å²) in [4.78, 5) is 4.14. The van der Waals surface area contributed by atoms with E-state index in [0.29, 0.717) is 22.5 Å². The molecule has 0 spiro atoms. The predicted molar refractivity (Wildman–Crippen MR) is 76.7 cm³/mol. The van der Waals surface area contributed by atoms with Crippen molar-refractivity contribution in [2.45, 2.75) is 0 Å². The molecule has 1 aromatic carbocycles. The zero-order chi connectivity index (χ0) is 14.7. The molecule has 1 heterocycles. The van der Waals surface area contributed by atoms with Crippen molar-refractivity contribution in [2.24, 2.45) is 16.7 Å². The molecule has 20 heavy (non-hydrogen) atoms. The van der Waals surface area contributed by atoms with Crippen LogP contribution in [-0.4, -0.2) is 23.0 Å². The standard InChI is InChI=1S/C13H15FN6/c1-20(17)19-13(16)12-5-2-8(7-18-12)10-4-3-9(15)6-11(10)14/h2-7H,15,17H2,1H3,(H2,16,19). The molecule has 7 heteroatoms. The molecule has 2 aromatic rings. The highest BCUT2D eigenvalue weighted by Crippen LogP contribution is 2.23. The summed E-state index contributed by atoms with van der Waals surface area (Å²) in [6, 6.07) is 7.85. The highest BCUT2D eigenvalue weighted by molar-refractivity contribution is 5.95. The van der Waals surface area contributed by atoms with E-state index in [9.17, 15) is 4.39 Å². The molecule has 0 radical (unpaired) electrons. The number of benzene rings is 1. The van der Waals surface area contributed by atoms with Crippen molar-refractivity contribution in [3.8, 4) is 11.1 Å². The average molecular weight is 274 g/mol. The van der Waals surface area contributed by atoms with Crippen LogP contribution in [0.5, 0.6) is 0 Å². The van der Waals surface area contributed by atoms with Crippen LogP contribution in [0.1, 0.15) is 5.69 Å². The SMILES string of the molecule is CN(N)/N=C(\N)c1ccc(-c2ccc(N)cc2F)cn1. The van der Waals surface area contributed by atoms with Gasteiger partial charge in [0.2, 0.25) is 0 Å². The number of hydrazine groups is 1. The first-order valence-corrected chi connectivity index (χ1v) is 5.81. The number of hydrogen-bond acceptors (Lipinski definition) is 5. The van der Waals surface area contributed by atoms with E-state index in [1.165, 1.54) is 12.3 Å². The van der Waals surface area contributed by atoms with Gasteiger partial charge in [-0.25, -0.2) is 15.4 Å². The number of aromatic nitrogens is 1. The Morgan fingerprint density at radius 1 is 1.30 bits per heavy atom. The topological polar surface area (TPSA) is 107 Å². The second kappa shape index (κ2) is 5.54. The van der Waals surface area contributed by atoms with Crippen LogP contribution in [-0.2, 0) is 0 Å². The summed E-state index contributed by atoms with van der Waals surface area (Å²) in [7, 11) is 1.55. The van der Waals surface area contributed by atoms with Gasteiger partial charge in [-0.15, -0.1) is 5.10 Å². The molecular formula is C13H15FN6. The fraction of sp³-hybridized carbons (Fsp3) is 0.0769. The van der Waals surface area contributed by atoms with Gasteiger partial charge in [0.1, 0.15) is 11.5 Å². The largest absolute Gasteiger partial charge is 0.399 e. The lowest BCUT2D eigenvalue weighted by Crippen LogP contribution is -2.26. The van der Waals surface area contributed by atoms with Gasteiger partial charge in [-0.05, 0) is 24.3 Å². The molecule has 2 rings (SSSR count).